The number of aromatic nitrogens is 3. The van der Waals surface area contributed by atoms with Crippen molar-refractivity contribution in [3.63, 3.8) is 0 Å². The minimum atomic E-state index is -0.498. The van der Waals surface area contributed by atoms with Crippen LogP contribution in [0, 0.1) is 0 Å². The molecule has 0 amide bonds. The van der Waals surface area contributed by atoms with Crippen LogP contribution in [0.1, 0.15) is 23.9 Å². The molecule has 0 aliphatic carbocycles. The van der Waals surface area contributed by atoms with Crippen molar-refractivity contribution < 1.29 is 5.11 Å². The number of aliphatic imine (C=N–C) groups is 1. The third kappa shape index (κ3) is 6.65. The number of aryl methyl sites for hydroxylation is 1. The Morgan fingerprint density at radius 3 is 2.79 bits per heavy atom. The predicted octanol–water partition coefficient (Wildman–Crippen LogP) is 1.25. The molecule has 3 rings (SSSR count). The Balaban J connectivity index is 0.00000300. The van der Waals surface area contributed by atoms with E-state index in [-0.39, 0.29) is 24.0 Å². The van der Waals surface area contributed by atoms with Crippen LogP contribution in [0.2, 0.25) is 0 Å². The van der Waals surface area contributed by atoms with Gasteiger partial charge < -0.3 is 15.3 Å². The van der Waals surface area contributed by atoms with E-state index in [9.17, 15) is 5.11 Å². The van der Waals surface area contributed by atoms with Gasteiger partial charge in [0, 0.05) is 40.3 Å². The lowest BCUT2D eigenvalue weighted by atomic mass is 10.00. The molecule has 0 bridgehead atoms. The fourth-order valence-electron chi connectivity index (χ4n) is 3.48. The molecule has 1 aliphatic rings. The normalized spacial score (nSPS) is 15.4. The van der Waals surface area contributed by atoms with Crippen molar-refractivity contribution in [2.45, 2.75) is 32.5 Å². The number of guanidine groups is 1. The summed E-state index contributed by atoms with van der Waals surface area (Å²) < 4.78 is 1.75. The van der Waals surface area contributed by atoms with Gasteiger partial charge in [0.1, 0.15) is 12.2 Å². The molecular formula is C20H32IN7O. The fourth-order valence-corrected chi connectivity index (χ4v) is 3.48. The van der Waals surface area contributed by atoms with Gasteiger partial charge in [0.25, 0.3) is 0 Å². The maximum absolute atomic E-state index is 10.5. The van der Waals surface area contributed by atoms with Gasteiger partial charge in [0.05, 0.1) is 19.2 Å². The van der Waals surface area contributed by atoms with Crippen LogP contribution in [0.15, 0.2) is 35.6 Å². The van der Waals surface area contributed by atoms with Gasteiger partial charge in [-0.05, 0) is 24.5 Å². The highest BCUT2D eigenvalue weighted by atomic mass is 127. The second kappa shape index (κ2) is 11.5. The summed E-state index contributed by atoms with van der Waals surface area (Å²) in [5, 5.41) is 17.9. The van der Waals surface area contributed by atoms with Gasteiger partial charge in [0.2, 0.25) is 0 Å². The van der Waals surface area contributed by atoms with Gasteiger partial charge in [-0.2, -0.15) is 5.10 Å². The first-order valence-electron chi connectivity index (χ1n) is 9.86. The van der Waals surface area contributed by atoms with E-state index in [1.165, 1.54) is 11.1 Å². The van der Waals surface area contributed by atoms with Crippen LogP contribution in [0.25, 0.3) is 0 Å². The van der Waals surface area contributed by atoms with Crippen LogP contribution < -0.4 is 5.32 Å². The highest BCUT2D eigenvalue weighted by Crippen LogP contribution is 2.18. The molecule has 8 nitrogen and oxygen atoms in total. The van der Waals surface area contributed by atoms with Gasteiger partial charge >= 0.3 is 0 Å². The molecule has 0 spiro atoms. The van der Waals surface area contributed by atoms with E-state index in [4.69, 9.17) is 0 Å². The Bertz CT molecular complexity index is 795. The zero-order chi connectivity index (χ0) is 19.9. The van der Waals surface area contributed by atoms with E-state index < -0.39 is 6.10 Å². The maximum Gasteiger partial charge on any atom is 0.194 e. The van der Waals surface area contributed by atoms with Crippen molar-refractivity contribution in [2.75, 3.05) is 33.2 Å². The Kier molecular flexibility index (Phi) is 9.31. The number of benzene rings is 1. The summed E-state index contributed by atoms with van der Waals surface area (Å²) in [6.07, 6.45) is 2.09. The molecule has 2 N–H and O–H groups in total. The zero-order valence-electron chi connectivity index (χ0n) is 17.5. The van der Waals surface area contributed by atoms with Crippen LogP contribution in [-0.2, 0) is 26.6 Å². The Labute approximate surface area is 190 Å². The largest absolute Gasteiger partial charge is 0.390 e. The van der Waals surface area contributed by atoms with Crippen molar-refractivity contribution in [1.82, 2.24) is 29.9 Å². The number of nitrogens with zero attached hydrogens (tertiary/aromatic N) is 6. The third-order valence-corrected chi connectivity index (χ3v) is 5.01. The molecule has 1 aromatic carbocycles. The fraction of sp³-hybridized carbons (Fsp3) is 0.550. The number of aliphatic hydroxyl groups excluding tert-OH is 1. The first-order chi connectivity index (χ1) is 13.6. The van der Waals surface area contributed by atoms with Gasteiger partial charge in [-0.3, -0.25) is 14.6 Å². The Morgan fingerprint density at radius 2 is 2.10 bits per heavy atom. The number of hydrogen-bond acceptors (Lipinski definition) is 5. The molecule has 9 heteroatoms. The minimum Gasteiger partial charge on any atom is -0.390 e. The number of halogens is 1. The number of aliphatic hydroxyl groups is 1. The van der Waals surface area contributed by atoms with E-state index in [0.717, 1.165) is 37.8 Å². The molecule has 0 fully saturated rings. The van der Waals surface area contributed by atoms with E-state index in [1.807, 2.05) is 25.9 Å². The maximum atomic E-state index is 10.5. The molecule has 0 saturated heterocycles. The van der Waals surface area contributed by atoms with Crippen molar-refractivity contribution in [3.8, 4) is 0 Å². The minimum absolute atomic E-state index is 0. The van der Waals surface area contributed by atoms with Gasteiger partial charge in [-0.15, -0.1) is 24.0 Å². The van der Waals surface area contributed by atoms with E-state index in [1.54, 1.807) is 11.0 Å². The highest BCUT2D eigenvalue weighted by molar-refractivity contribution is 14.0. The number of hydrogen-bond donors (Lipinski definition) is 2. The third-order valence-electron chi connectivity index (χ3n) is 5.01. The predicted molar refractivity (Wildman–Crippen MR) is 125 cm³/mol. The summed E-state index contributed by atoms with van der Waals surface area (Å²) >= 11 is 0. The lowest BCUT2D eigenvalue weighted by molar-refractivity contribution is 0.111. The second-order valence-corrected chi connectivity index (χ2v) is 7.26. The van der Waals surface area contributed by atoms with E-state index in [2.05, 4.69) is 49.6 Å². The summed E-state index contributed by atoms with van der Waals surface area (Å²) in [6, 6.07) is 8.55. The topological polar surface area (TPSA) is 81.8 Å². The molecule has 29 heavy (non-hydrogen) atoms. The van der Waals surface area contributed by atoms with Crippen molar-refractivity contribution in [1.29, 1.82) is 0 Å². The van der Waals surface area contributed by atoms with Crippen molar-refractivity contribution in [2.24, 2.45) is 12.0 Å². The molecular weight excluding hydrogens is 481 g/mol. The molecule has 1 unspecified atom stereocenters. The highest BCUT2D eigenvalue weighted by Gasteiger charge is 2.18. The lowest BCUT2D eigenvalue weighted by Crippen LogP contribution is -2.41. The SMILES string of the molecule is CCNC(=NCC(O)CN1CCc2ccccc2C1)N(C)Cc1ncnn1C.I. The molecule has 2 heterocycles. The first-order valence-corrected chi connectivity index (χ1v) is 9.86. The summed E-state index contributed by atoms with van der Waals surface area (Å²) in [5.74, 6) is 1.62. The molecule has 1 aromatic heterocycles. The monoisotopic (exact) mass is 513 g/mol. The Hall–Kier alpha value is -1.72. The van der Waals surface area contributed by atoms with Crippen LogP contribution in [0.4, 0.5) is 0 Å². The molecule has 1 atom stereocenters. The average molecular weight is 513 g/mol. The number of rotatable bonds is 7. The van der Waals surface area contributed by atoms with Crippen LogP contribution in [0.3, 0.4) is 0 Å². The molecule has 0 saturated carbocycles. The second-order valence-electron chi connectivity index (χ2n) is 7.26. The zero-order valence-corrected chi connectivity index (χ0v) is 19.8. The van der Waals surface area contributed by atoms with Crippen LogP contribution in [0.5, 0.6) is 0 Å². The van der Waals surface area contributed by atoms with Gasteiger partial charge in [0.15, 0.2) is 5.96 Å². The van der Waals surface area contributed by atoms with Crippen molar-refractivity contribution >= 4 is 29.9 Å². The summed E-state index contributed by atoms with van der Waals surface area (Å²) in [4.78, 5) is 13.2. The van der Waals surface area contributed by atoms with Gasteiger partial charge in [-0.1, -0.05) is 24.3 Å². The number of nitrogens with one attached hydrogen (secondary N) is 1. The van der Waals surface area contributed by atoms with E-state index in [0.29, 0.717) is 19.6 Å². The summed E-state index contributed by atoms with van der Waals surface area (Å²) in [7, 11) is 3.84. The van der Waals surface area contributed by atoms with E-state index >= 15 is 0 Å². The van der Waals surface area contributed by atoms with Crippen LogP contribution >= 0.6 is 24.0 Å². The average Bonchev–Trinajstić information content (AvgIpc) is 3.09. The summed E-state index contributed by atoms with van der Waals surface area (Å²) in [5.41, 5.74) is 2.78. The standard InChI is InChI=1S/C20H31N7O.HI/c1-4-21-20(25(2)14-19-23-15-24-26(19)3)22-11-18(28)13-27-10-9-16-7-5-6-8-17(16)12-27;/h5-8,15,18,28H,4,9-14H2,1-3H3,(H,21,22);1H. The number of β-amino-alcohol motifs (C(OH)–C–C–N with tert-alkyl or cyclic N) is 1. The molecule has 0 radical (unpaired) electrons. The number of fused-ring (bicyclic) bond motifs is 1. The molecule has 160 valence electrons. The lowest BCUT2D eigenvalue weighted by Gasteiger charge is -2.30. The molecule has 1 aliphatic heterocycles. The van der Waals surface area contributed by atoms with Crippen molar-refractivity contribution in [3.05, 3.63) is 47.5 Å². The van der Waals surface area contributed by atoms with Crippen LogP contribution in [-0.4, -0.2) is 75.0 Å². The summed E-state index contributed by atoms with van der Waals surface area (Å²) in [6.45, 7) is 6.26. The Morgan fingerprint density at radius 1 is 1.34 bits per heavy atom. The smallest absolute Gasteiger partial charge is 0.194 e. The first kappa shape index (κ1) is 23.6. The van der Waals surface area contributed by atoms with Gasteiger partial charge in [-0.25, -0.2) is 4.98 Å². The molecule has 2 aromatic rings. The quantitative estimate of drug-likeness (QED) is 0.330.